The normalized spacial score (nSPS) is 25.0. The molecule has 0 aliphatic heterocycles. The summed E-state index contributed by atoms with van der Waals surface area (Å²) in [7, 11) is 0. The Labute approximate surface area is 284 Å². The smallest absolute Gasteiger partial charge is 0.193 e. The molecule has 2 aromatic carbocycles. The zero-order chi connectivity index (χ0) is 32.9. The molecule has 2 aromatic rings. The lowest BCUT2D eigenvalue weighted by Gasteiger charge is -2.34. The zero-order valence-electron chi connectivity index (χ0n) is 27.4. The molecule has 5 aliphatic carbocycles. The average molecular weight is 631 g/mol. The van der Waals surface area contributed by atoms with E-state index in [0.29, 0.717) is 17.0 Å². The van der Waals surface area contributed by atoms with Crippen LogP contribution in [0.15, 0.2) is 161 Å². The Morgan fingerprint density at radius 2 is 1.54 bits per heavy atom. The maximum atomic E-state index is 13.2. The molecule has 0 fully saturated rings. The molecule has 0 bridgehead atoms. The summed E-state index contributed by atoms with van der Waals surface area (Å²) in [6.45, 7) is 0. The van der Waals surface area contributed by atoms with Crippen LogP contribution in [0.25, 0.3) is 0 Å². The SMILES string of the molecule is O=C(C1=CCC(C2=CC(C3=CCC(C(=O)C4=CCC=CC4)C=C3)CC(c3ccc(C(=O)c4ccccc4)cc3)C2)C=C1)C1=CC=CCC1. The molecule has 0 spiro atoms. The second kappa shape index (κ2) is 14.5. The molecular weight excluding hydrogens is 588 g/mol. The lowest BCUT2D eigenvalue weighted by Crippen LogP contribution is -2.21. The third-order valence-electron chi connectivity index (χ3n) is 10.5. The minimum absolute atomic E-state index is 0.0374. The van der Waals surface area contributed by atoms with Gasteiger partial charge in [0, 0.05) is 40.0 Å². The summed E-state index contributed by atoms with van der Waals surface area (Å²) in [5.41, 5.74) is 7.93. The maximum Gasteiger partial charge on any atom is 0.193 e. The van der Waals surface area contributed by atoms with Gasteiger partial charge in [-0.2, -0.15) is 0 Å². The van der Waals surface area contributed by atoms with E-state index in [1.807, 2.05) is 60.7 Å². The molecule has 0 amide bonds. The third-order valence-corrected chi connectivity index (χ3v) is 10.5. The van der Waals surface area contributed by atoms with Crippen molar-refractivity contribution in [3.8, 4) is 0 Å². The molecule has 0 N–H and O–H groups in total. The van der Waals surface area contributed by atoms with Crippen LogP contribution in [0.2, 0.25) is 0 Å². The maximum absolute atomic E-state index is 13.2. The summed E-state index contributed by atoms with van der Waals surface area (Å²) in [6.07, 6.45) is 34.5. The number of Topliss-reactive ketones (excluding diaryl/α,β-unsaturated/α-hetero) is 2. The van der Waals surface area contributed by atoms with E-state index in [1.165, 1.54) is 16.7 Å². The van der Waals surface area contributed by atoms with Crippen LogP contribution in [0.1, 0.15) is 78.8 Å². The van der Waals surface area contributed by atoms with Crippen molar-refractivity contribution in [1.82, 2.24) is 0 Å². The first-order valence-corrected chi connectivity index (χ1v) is 17.5. The number of carbonyl (C=O) groups excluding carboxylic acids is 3. The minimum Gasteiger partial charge on any atom is -0.294 e. The van der Waals surface area contributed by atoms with Crippen molar-refractivity contribution in [1.29, 1.82) is 0 Å². The standard InChI is InChI=1S/C45H42O3/c46-43(34-10-4-1-5-11-34)37-22-16-31(17-23-37)40-28-41(32-18-24-38(25-19-32)44(47)35-12-6-2-7-13-35)30-42(29-40)33-20-26-39(27-21-33)45(48)36-14-8-3-9-15-36/h1-6,8,10-12,15-18,20-26,30,32,39-40,42H,7,9,13-14,19,27-29H2. The third kappa shape index (κ3) is 7.01. The van der Waals surface area contributed by atoms with E-state index >= 15 is 0 Å². The van der Waals surface area contributed by atoms with Crippen LogP contribution >= 0.6 is 0 Å². The lowest BCUT2D eigenvalue weighted by atomic mass is 9.71. The fraction of sp³-hybridized carbons (Fsp3) is 0.267. The Morgan fingerprint density at radius 3 is 2.23 bits per heavy atom. The van der Waals surface area contributed by atoms with E-state index < -0.39 is 0 Å². The first-order chi connectivity index (χ1) is 23.5. The number of allylic oxidation sites excluding steroid dienone is 18. The number of carbonyl (C=O) groups is 3. The molecule has 3 heteroatoms. The van der Waals surface area contributed by atoms with Crippen molar-refractivity contribution in [2.45, 2.75) is 57.3 Å². The molecular formula is C45H42O3. The predicted molar refractivity (Wildman–Crippen MR) is 193 cm³/mol. The fourth-order valence-electron chi connectivity index (χ4n) is 7.68. The van der Waals surface area contributed by atoms with Gasteiger partial charge in [0.2, 0.25) is 0 Å². The van der Waals surface area contributed by atoms with E-state index in [2.05, 4.69) is 72.9 Å². The summed E-state index contributed by atoms with van der Waals surface area (Å²) in [5.74, 6) is 1.10. The van der Waals surface area contributed by atoms with Gasteiger partial charge >= 0.3 is 0 Å². The van der Waals surface area contributed by atoms with Gasteiger partial charge in [0.05, 0.1) is 0 Å². The van der Waals surface area contributed by atoms with Crippen molar-refractivity contribution in [2.75, 3.05) is 0 Å². The Kier molecular flexibility index (Phi) is 9.56. The van der Waals surface area contributed by atoms with Crippen molar-refractivity contribution in [3.63, 3.8) is 0 Å². The molecule has 4 atom stereocenters. The molecule has 0 heterocycles. The molecule has 48 heavy (non-hydrogen) atoms. The van der Waals surface area contributed by atoms with Gasteiger partial charge < -0.3 is 0 Å². The summed E-state index contributed by atoms with van der Waals surface area (Å²) in [5, 5.41) is 0. The average Bonchev–Trinajstić information content (AvgIpc) is 3.18. The van der Waals surface area contributed by atoms with Gasteiger partial charge in [-0.1, -0.05) is 139 Å². The summed E-state index contributed by atoms with van der Waals surface area (Å²) in [6, 6.07) is 17.6. The van der Waals surface area contributed by atoms with Gasteiger partial charge in [-0.25, -0.2) is 0 Å². The Morgan fingerprint density at radius 1 is 0.708 bits per heavy atom. The fourth-order valence-corrected chi connectivity index (χ4v) is 7.68. The Bertz CT molecular complexity index is 1870. The second-order valence-electron chi connectivity index (χ2n) is 13.6. The van der Waals surface area contributed by atoms with E-state index in [1.54, 1.807) is 0 Å². The highest BCUT2D eigenvalue weighted by Gasteiger charge is 2.31. The highest BCUT2D eigenvalue weighted by atomic mass is 16.1. The quantitative estimate of drug-likeness (QED) is 0.205. The van der Waals surface area contributed by atoms with Crippen molar-refractivity contribution in [3.05, 3.63) is 178 Å². The molecule has 0 radical (unpaired) electrons. The topological polar surface area (TPSA) is 51.2 Å². The number of ketones is 3. The van der Waals surface area contributed by atoms with Crippen molar-refractivity contribution < 1.29 is 14.4 Å². The molecule has 0 saturated heterocycles. The zero-order valence-corrected chi connectivity index (χ0v) is 27.4. The number of hydrogen-bond acceptors (Lipinski definition) is 3. The van der Waals surface area contributed by atoms with E-state index in [0.717, 1.165) is 68.1 Å². The Balaban J connectivity index is 1.11. The van der Waals surface area contributed by atoms with Crippen LogP contribution in [0.3, 0.4) is 0 Å². The molecule has 7 rings (SSSR count). The molecule has 3 nitrogen and oxygen atoms in total. The van der Waals surface area contributed by atoms with Crippen LogP contribution in [0.4, 0.5) is 0 Å². The number of benzene rings is 2. The van der Waals surface area contributed by atoms with Gasteiger partial charge in [0.1, 0.15) is 0 Å². The molecule has 5 aliphatic rings. The number of rotatable bonds is 9. The largest absolute Gasteiger partial charge is 0.294 e. The summed E-state index contributed by atoms with van der Waals surface area (Å²) in [4.78, 5) is 39.5. The molecule has 4 unspecified atom stereocenters. The van der Waals surface area contributed by atoms with Crippen LogP contribution in [-0.4, -0.2) is 17.3 Å². The van der Waals surface area contributed by atoms with Gasteiger partial charge in [0.25, 0.3) is 0 Å². The van der Waals surface area contributed by atoms with Gasteiger partial charge in [-0.15, -0.1) is 0 Å². The van der Waals surface area contributed by atoms with Crippen LogP contribution in [-0.2, 0) is 9.59 Å². The van der Waals surface area contributed by atoms with Gasteiger partial charge in [-0.3, -0.25) is 14.4 Å². The first-order valence-electron chi connectivity index (χ1n) is 17.5. The van der Waals surface area contributed by atoms with E-state index in [9.17, 15) is 14.4 Å². The molecule has 0 saturated carbocycles. The van der Waals surface area contributed by atoms with Gasteiger partial charge in [0.15, 0.2) is 17.3 Å². The van der Waals surface area contributed by atoms with E-state index in [4.69, 9.17) is 0 Å². The lowest BCUT2D eigenvalue weighted by molar-refractivity contribution is -0.118. The second-order valence-corrected chi connectivity index (χ2v) is 13.6. The van der Waals surface area contributed by atoms with E-state index in [-0.39, 0.29) is 35.1 Å². The first kappa shape index (κ1) is 31.7. The van der Waals surface area contributed by atoms with Crippen molar-refractivity contribution in [2.24, 2.45) is 17.8 Å². The van der Waals surface area contributed by atoms with Crippen LogP contribution in [0.5, 0.6) is 0 Å². The van der Waals surface area contributed by atoms with Crippen LogP contribution in [0, 0.1) is 17.8 Å². The monoisotopic (exact) mass is 630 g/mol. The molecule has 240 valence electrons. The Hall–Kier alpha value is -4.89. The van der Waals surface area contributed by atoms with Crippen LogP contribution < -0.4 is 0 Å². The predicted octanol–water partition coefficient (Wildman–Crippen LogP) is 10.0. The highest BCUT2D eigenvalue weighted by molar-refractivity contribution is 6.10. The van der Waals surface area contributed by atoms with Crippen molar-refractivity contribution >= 4 is 17.3 Å². The molecule has 0 aromatic heterocycles. The summed E-state index contributed by atoms with van der Waals surface area (Å²) < 4.78 is 0. The minimum atomic E-state index is -0.0961. The summed E-state index contributed by atoms with van der Waals surface area (Å²) >= 11 is 0. The highest BCUT2D eigenvalue weighted by Crippen LogP contribution is 2.44. The number of hydrogen-bond donors (Lipinski definition) is 0. The van der Waals surface area contributed by atoms with Gasteiger partial charge in [-0.05, 0) is 74.0 Å².